The van der Waals surface area contributed by atoms with Gasteiger partial charge in [0.05, 0.1) is 11.6 Å². The average Bonchev–Trinajstić information content (AvgIpc) is 3.05. The summed E-state index contributed by atoms with van der Waals surface area (Å²) in [6, 6.07) is 0. The molecule has 2 rings (SSSR count). The lowest BCUT2D eigenvalue weighted by atomic mass is 10.3. The number of aromatic nitrogens is 3. The van der Waals surface area contributed by atoms with Gasteiger partial charge in [0, 0.05) is 5.38 Å². The number of carbonyl (C=O) groups is 1. The predicted octanol–water partition coefficient (Wildman–Crippen LogP) is 2.44. The summed E-state index contributed by atoms with van der Waals surface area (Å²) in [7, 11) is 0. The Hall–Kier alpha value is -1.34. The van der Waals surface area contributed by atoms with Crippen molar-refractivity contribution in [2.24, 2.45) is 0 Å². The number of thiazole rings is 1. The van der Waals surface area contributed by atoms with Crippen LogP contribution in [0.3, 0.4) is 0 Å². The van der Waals surface area contributed by atoms with Crippen molar-refractivity contribution in [3.8, 4) is 0 Å². The molecule has 0 bridgehead atoms. The first kappa shape index (κ1) is 14.1. The Labute approximate surface area is 120 Å². The van der Waals surface area contributed by atoms with Crippen molar-refractivity contribution in [3.05, 3.63) is 26.1 Å². The second-order valence-electron chi connectivity index (χ2n) is 4.00. The summed E-state index contributed by atoms with van der Waals surface area (Å²) >= 11 is 3.06. The number of nitrogens with one attached hydrogen (secondary N) is 1. The summed E-state index contributed by atoms with van der Waals surface area (Å²) in [6.45, 7) is 4.55. The lowest BCUT2D eigenvalue weighted by molar-refractivity contribution is 0.0946. The topological polar surface area (TPSA) is 67.8 Å². The first-order valence-corrected chi connectivity index (χ1v) is 7.96. The van der Waals surface area contributed by atoms with Gasteiger partial charge in [0.2, 0.25) is 0 Å². The number of hydrogen-bond acceptors (Lipinski definition) is 6. The SMILES string of the molecule is CCCc1nc(C(=O)NCc2nnc(CC)s2)cs1. The van der Waals surface area contributed by atoms with Gasteiger partial charge in [-0.3, -0.25) is 4.79 Å². The minimum Gasteiger partial charge on any atom is -0.344 e. The van der Waals surface area contributed by atoms with Crippen molar-refractivity contribution in [3.63, 3.8) is 0 Å². The molecule has 0 radical (unpaired) electrons. The van der Waals surface area contributed by atoms with E-state index in [-0.39, 0.29) is 5.91 Å². The van der Waals surface area contributed by atoms with E-state index >= 15 is 0 Å². The minimum absolute atomic E-state index is 0.146. The van der Waals surface area contributed by atoms with E-state index in [0.29, 0.717) is 12.2 Å². The van der Waals surface area contributed by atoms with E-state index in [1.807, 2.05) is 6.92 Å². The van der Waals surface area contributed by atoms with Gasteiger partial charge in [-0.1, -0.05) is 25.2 Å². The predicted molar refractivity (Wildman–Crippen MR) is 76.6 cm³/mol. The zero-order valence-corrected chi connectivity index (χ0v) is 12.6. The molecule has 0 aliphatic carbocycles. The number of nitrogens with zero attached hydrogens (tertiary/aromatic N) is 3. The molecule has 0 aromatic carbocycles. The molecule has 7 heteroatoms. The third kappa shape index (κ3) is 3.81. The molecule has 0 saturated heterocycles. The molecular formula is C12H16N4OS2. The summed E-state index contributed by atoms with van der Waals surface area (Å²) in [4.78, 5) is 16.2. The van der Waals surface area contributed by atoms with Crippen LogP contribution in [0.15, 0.2) is 5.38 Å². The molecule has 0 spiro atoms. The van der Waals surface area contributed by atoms with E-state index in [1.165, 1.54) is 22.7 Å². The second-order valence-corrected chi connectivity index (χ2v) is 6.09. The van der Waals surface area contributed by atoms with Crippen LogP contribution >= 0.6 is 22.7 Å². The van der Waals surface area contributed by atoms with Crippen LogP contribution in [-0.2, 0) is 19.4 Å². The van der Waals surface area contributed by atoms with E-state index in [1.54, 1.807) is 5.38 Å². The van der Waals surface area contributed by atoms with Crippen molar-refractivity contribution in [2.75, 3.05) is 0 Å². The molecule has 19 heavy (non-hydrogen) atoms. The van der Waals surface area contributed by atoms with Crippen molar-refractivity contribution in [1.29, 1.82) is 0 Å². The van der Waals surface area contributed by atoms with Crippen LogP contribution in [-0.4, -0.2) is 21.1 Å². The van der Waals surface area contributed by atoms with Gasteiger partial charge >= 0.3 is 0 Å². The number of carbonyl (C=O) groups excluding carboxylic acids is 1. The molecule has 5 nitrogen and oxygen atoms in total. The maximum absolute atomic E-state index is 11.9. The standard InChI is InChI=1S/C12H16N4OS2/c1-3-5-10-14-8(7-18-10)12(17)13-6-11-16-15-9(4-2)19-11/h7H,3-6H2,1-2H3,(H,13,17). The number of hydrogen-bond donors (Lipinski definition) is 1. The zero-order valence-electron chi connectivity index (χ0n) is 11.0. The van der Waals surface area contributed by atoms with Crippen LogP contribution in [0, 0.1) is 0 Å². The molecule has 0 fully saturated rings. The Balaban J connectivity index is 1.89. The smallest absolute Gasteiger partial charge is 0.271 e. The normalized spacial score (nSPS) is 10.6. The quantitative estimate of drug-likeness (QED) is 0.889. The highest BCUT2D eigenvalue weighted by Gasteiger charge is 2.11. The van der Waals surface area contributed by atoms with E-state index in [4.69, 9.17) is 0 Å². The molecule has 2 aromatic heterocycles. The van der Waals surface area contributed by atoms with Gasteiger partial charge in [-0.2, -0.15) is 0 Å². The number of rotatable bonds is 6. The van der Waals surface area contributed by atoms with Crippen LogP contribution in [0.1, 0.15) is 45.8 Å². The van der Waals surface area contributed by atoms with Crippen LogP contribution in [0.5, 0.6) is 0 Å². The van der Waals surface area contributed by atoms with Gasteiger partial charge in [-0.05, 0) is 19.3 Å². The summed E-state index contributed by atoms with van der Waals surface area (Å²) < 4.78 is 0. The maximum atomic E-state index is 11.9. The van der Waals surface area contributed by atoms with Crippen LogP contribution in [0.2, 0.25) is 0 Å². The van der Waals surface area contributed by atoms with Gasteiger partial charge in [0.1, 0.15) is 15.7 Å². The lowest BCUT2D eigenvalue weighted by Gasteiger charge is -1.98. The molecule has 2 heterocycles. The number of amides is 1. The van der Waals surface area contributed by atoms with Crippen molar-refractivity contribution < 1.29 is 4.79 Å². The fourth-order valence-corrected chi connectivity index (χ4v) is 3.10. The van der Waals surface area contributed by atoms with Crippen LogP contribution in [0.4, 0.5) is 0 Å². The van der Waals surface area contributed by atoms with Crippen LogP contribution < -0.4 is 5.32 Å². The highest BCUT2D eigenvalue weighted by molar-refractivity contribution is 7.11. The third-order valence-electron chi connectivity index (χ3n) is 2.46. The molecular weight excluding hydrogens is 280 g/mol. The zero-order chi connectivity index (χ0) is 13.7. The molecule has 0 unspecified atom stereocenters. The molecule has 1 N–H and O–H groups in total. The van der Waals surface area contributed by atoms with Gasteiger partial charge in [0.25, 0.3) is 5.91 Å². The molecule has 102 valence electrons. The highest BCUT2D eigenvalue weighted by Crippen LogP contribution is 2.13. The maximum Gasteiger partial charge on any atom is 0.271 e. The average molecular weight is 296 g/mol. The van der Waals surface area contributed by atoms with E-state index in [9.17, 15) is 4.79 Å². The molecule has 0 aliphatic heterocycles. The Bertz CT molecular complexity index is 549. The monoisotopic (exact) mass is 296 g/mol. The van der Waals surface area contributed by atoms with Crippen molar-refractivity contribution in [1.82, 2.24) is 20.5 Å². The molecule has 0 atom stereocenters. The molecule has 2 aromatic rings. The van der Waals surface area contributed by atoms with Crippen molar-refractivity contribution in [2.45, 2.75) is 39.7 Å². The van der Waals surface area contributed by atoms with Crippen LogP contribution in [0.25, 0.3) is 0 Å². The fourth-order valence-electron chi connectivity index (χ4n) is 1.49. The Kier molecular flexibility index (Phi) is 4.98. The molecule has 0 saturated carbocycles. The van der Waals surface area contributed by atoms with E-state index < -0.39 is 0 Å². The Morgan fingerprint density at radius 1 is 1.26 bits per heavy atom. The lowest BCUT2D eigenvalue weighted by Crippen LogP contribution is -2.23. The first-order valence-electron chi connectivity index (χ1n) is 6.26. The third-order valence-corrected chi connectivity index (χ3v) is 4.44. The van der Waals surface area contributed by atoms with Crippen molar-refractivity contribution >= 4 is 28.6 Å². The first-order chi connectivity index (χ1) is 9.22. The Morgan fingerprint density at radius 3 is 2.74 bits per heavy atom. The largest absolute Gasteiger partial charge is 0.344 e. The Morgan fingerprint density at radius 2 is 2.05 bits per heavy atom. The second kappa shape index (κ2) is 6.72. The number of aryl methyl sites for hydroxylation is 2. The minimum atomic E-state index is -0.146. The van der Waals surface area contributed by atoms with E-state index in [0.717, 1.165) is 34.3 Å². The summed E-state index contributed by atoms with van der Waals surface area (Å²) in [5.41, 5.74) is 0.494. The van der Waals surface area contributed by atoms with Gasteiger partial charge in [0.15, 0.2) is 0 Å². The van der Waals surface area contributed by atoms with E-state index in [2.05, 4.69) is 27.4 Å². The fraction of sp³-hybridized carbons (Fsp3) is 0.500. The highest BCUT2D eigenvalue weighted by atomic mass is 32.1. The van der Waals surface area contributed by atoms with Gasteiger partial charge < -0.3 is 5.32 Å². The summed E-state index contributed by atoms with van der Waals surface area (Å²) in [6.07, 6.45) is 2.84. The molecule has 1 amide bonds. The molecule has 0 aliphatic rings. The van der Waals surface area contributed by atoms with Gasteiger partial charge in [-0.15, -0.1) is 21.5 Å². The van der Waals surface area contributed by atoms with Gasteiger partial charge in [-0.25, -0.2) is 4.98 Å². The summed E-state index contributed by atoms with van der Waals surface area (Å²) in [5.74, 6) is -0.146. The summed E-state index contributed by atoms with van der Waals surface area (Å²) in [5, 5.41) is 15.5.